The molecule has 122 valence electrons. The van der Waals surface area contributed by atoms with E-state index in [0.717, 1.165) is 22.3 Å². The van der Waals surface area contributed by atoms with Crippen molar-refractivity contribution in [2.45, 2.75) is 19.8 Å². The lowest BCUT2D eigenvalue weighted by atomic mass is 10.0. The van der Waals surface area contributed by atoms with Crippen molar-refractivity contribution in [2.24, 2.45) is 0 Å². The third kappa shape index (κ3) is 3.08. The van der Waals surface area contributed by atoms with Gasteiger partial charge >= 0.3 is 5.97 Å². The normalized spacial score (nSPS) is 10.8. The van der Waals surface area contributed by atoms with E-state index in [4.69, 9.17) is 4.74 Å². The summed E-state index contributed by atoms with van der Waals surface area (Å²) in [6, 6.07) is 16.0. The summed E-state index contributed by atoms with van der Waals surface area (Å²) in [4.78, 5) is 16.3. The smallest absolute Gasteiger partial charge is 0.340 e. The molecule has 0 aliphatic rings. The van der Waals surface area contributed by atoms with E-state index >= 15 is 0 Å². The van der Waals surface area contributed by atoms with Crippen molar-refractivity contribution >= 4 is 28.2 Å². The molecular formula is C20H20N2O2. The minimum Gasteiger partial charge on any atom is -0.465 e. The van der Waals surface area contributed by atoms with E-state index in [1.807, 2.05) is 36.4 Å². The zero-order valence-electron chi connectivity index (χ0n) is 14.0. The Morgan fingerprint density at radius 1 is 1.04 bits per heavy atom. The first-order chi connectivity index (χ1) is 11.6. The van der Waals surface area contributed by atoms with Crippen LogP contribution in [0.5, 0.6) is 0 Å². The molecule has 1 aromatic heterocycles. The SMILES string of the molecule is COC(=O)c1cnc(Nc2ccc(C(C)C)cc2)c2ccccc12. The van der Waals surface area contributed by atoms with Crippen molar-refractivity contribution in [3.63, 3.8) is 0 Å². The molecule has 0 amide bonds. The number of benzene rings is 2. The Morgan fingerprint density at radius 2 is 1.71 bits per heavy atom. The van der Waals surface area contributed by atoms with Gasteiger partial charge < -0.3 is 10.1 Å². The fourth-order valence-electron chi connectivity index (χ4n) is 2.65. The number of pyridine rings is 1. The summed E-state index contributed by atoms with van der Waals surface area (Å²) in [7, 11) is 1.37. The molecule has 0 spiro atoms. The van der Waals surface area contributed by atoms with Crippen LogP contribution < -0.4 is 5.32 Å². The number of esters is 1. The molecule has 1 heterocycles. The number of rotatable bonds is 4. The van der Waals surface area contributed by atoms with Gasteiger partial charge in [-0.2, -0.15) is 0 Å². The molecule has 3 aromatic rings. The van der Waals surface area contributed by atoms with Crippen LogP contribution in [0.1, 0.15) is 35.7 Å². The number of carbonyl (C=O) groups excluding carboxylic acids is 1. The molecule has 0 saturated heterocycles. The van der Waals surface area contributed by atoms with Gasteiger partial charge in [0.05, 0.1) is 12.7 Å². The van der Waals surface area contributed by atoms with Crippen LogP contribution in [0.15, 0.2) is 54.7 Å². The highest BCUT2D eigenvalue weighted by Crippen LogP contribution is 2.28. The average Bonchev–Trinajstić information content (AvgIpc) is 2.62. The standard InChI is InChI=1S/C20H20N2O2/c1-13(2)14-8-10-15(11-9-14)22-19-17-7-5-4-6-16(17)18(12-21-19)20(23)24-3/h4-13H,1-3H3,(H,21,22). The van der Waals surface area contributed by atoms with Gasteiger partial charge in [-0.25, -0.2) is 9.78 Å². The molecule has 0 bridgehead atoms. The Balaban J connectivity index is 2.00. The summed E-state index contributed by atoms with van der Waals surface area (Å²) in [5.41, 5.74) is 2.72. The van der Waals surface area contributed by atoms with E-state index in [1.165, 1.54) is 12.7 Å². The zero-order valence-corrected chi connectivity index (χ0v) is 14.0. The van der Waals surface area contributed by atoms with Crippen LogP contribution >= 0.6 is 0 Å². The average molecular weight is 320 g/mol. The van der Waals surface area contributed by atoms with Crippen LogP contribution in [-0.2, 0) is 4.74 Å². The first-order valence-corrected chi connectivity index (χ1v) is 7.93. The summed E-state index contributed by atoms with van der Waals surface area (Å²) in [6.07, 6.45) is 1.55. The maximum Gasteiger partial charge on any atom is 0.340 e. The molecule has 0 aliphatic carbocycles. The number of aromatic nitrogens is 1. The van der Waals surface area contributed by atoms with Gasteiger partial charge in [-0.1, -0.05) is 50.2 Å². The number of nitrogens with one attached hydrogen (secondary N) is 1. The highest BCUT2D eigenvalue weighted by molar-refractivity contribution is 6.07. The number of nitrogens with zero attached hydrogens (tertiary/aromatic N) is 1. The number of ether oxygens (including phenoxy) is 1. The van der Waals surface area contributed by atoms with E-state index < -0.39 is 0 Å². The van der Waals surface area contributed by atoms with Gasteiger partial charge in [0.15, 0.2) is 0 Å². The largest absolute Gasteiger partial charge is 0.465 e. The monoisotopic (exact) mass is 320 g/mol. The lowest BCUT2D eigenvalue weighted by molar-refractivity contribution is 0.0602. The maximum atomic E-state index is 11.9. The molecule has 4 nitrogen and oxygen atoms in total. The molecule has 24 heavy (non-hydrogen) atoms. The van der Waals surface area contributed by atoms with Crippen LogP contribution in [0.3, 0.4) is 0 Å². The second-order valence-electron chi connectivity index (χ2n) is 5.96. The summed E-state index contributed by atoms with van der Waals surface area (Å²) >= 11 is 0. The van der Waals surface area contributed by atoms with Crippen molar-refractivity contribution in [1.29, 1.82) is 0 Å². The second-order valence-corrected chi connectivity index (χ2v) is 5.96. The van der Waals surface area contributed by atoms with Gasteiger partial charge in [0.1, 0.15) is 5.82 Å². The molecule has 0 saturated carbocycles. The molecule has 4 heteroatoms. The summed E-state index contributed by atoms with van der Waals surface area (Å²) in [5, 5.41) is 5.04. The molecule has 0 aliphatic heterocycles. The van der Waals surface area contributed by atoms with E-state index in [2.05, 4.69) is 36.3 Å². The molecule has 1 N–H and O–H groups in total. The Morgan fingerprint density at radius 3 is 2.33 bits per heavy atom. The lowest BCUT2D eigenvalue weighted by Crippen LogP contribution is -2.05. The quantitative estimate of drug-likeness (QED) is 0.695. The van der Waals surface area contributed by atoms with Crippen molar-refractivity contribution in [2.75, 3.05) is 12.4 Å². The summed E-state index contributed by atoms with van der Waals surface area (Å²) in [5.74, 6) is 0.833. The van der Waals surface area contributed by atoms with Crippen molar-refractivity contribution < 1.29 is 9.53 Å². The van der Waals surface area contributed by atoms with Gasteiger partial charge in [-0.15, -0.1) is 0 Å². The van der Waals surface area contributed by atoms with Gasteiger partial charge in [-0.3, -0.25) is 0 Å². The van der Waals surface area contributed by atoms with Crippen LogP contribution in [0.4, 0.5) is 11.5 Å². The predicted octanol–water partition coefficient (Wildman–Crippen LogP) is 4.89. The molecule has 3 rings (SSSR count). The third-order valence-corrected chi connectivity index (χ3v) is 4.04. The van der Waals surface area contributed by atoms with Crippen molar-refractivity contribution in [1.82, 2.24) is 4.98 Å². The number of carbonyl (C=O) groups is 1. The van der Waals surface area contributed by atoms with E-state index in [9.17, 15) is 4.79 Å². The summed E-state index contributed by atoms with van der Waals surface area (Å²) < 4.78 is 4.84. The molecule has 0 fully saturated rings. The maximum absolute atomic E-state index is 11.9. The highest BCUT2D eigenvalue weighted by atomic mass is 16.5. The van der Waals surface area contributed by atoms with Gasteiger partial charge in [0.2, 0.25) is 0 Å². The number of hydrogen-bond donors (Lipinski definition) is 1. The zero-order chi connectivity index (χ0) is 17.1. The van der Waals surface area contributed by atoms with Crippen molar-refractivity contribution in [3.05, 3.63) is 65.9 Å². The van der Waals surface area contributed by atoms with Crippen LogP contribution in [0.25, 0.3) is 10.8 Å². The highest BCUT2D eigenvalue weighted by Gasteiger charge is 2.13. The van der Waals surface area contributed by atoms with Crippen LogP contribution in [0.2, 0.25) is 0 Å². The Hall–Kier alpha value is -2.88. The number of fused-ring (bicyclic) bond motifs is 1. The Bertz CT molecular complexity index is 870. The van der Waals surface area contributed by atoms with Gasteiger partial charge in [0, 0.05) is 22.7 Å². The van der Waals surface area contributed by atoms with Crippen LogP contribution in [-0.4, -0.2) is 18.1 Å². The fraction of sp³-hybridized carbons (Fsp3) is 0.200. The molecule has 0 atom stereocenters. The van der Waals surface area contributed by atoms with E-state index in [-0.39, 0.29) is 5.97 Å². The number of hydrogen-bond acceptors (Lipinski definition) is 4. The molecule has 2 aromatic carbocycles. The molecular weight excluding hydrogens is 300 g/mol. The third-order valence-electron chi connectivity index (χ3n) is 4.04. The lowest BCUT2D eigenvalue weighted by Gasteiger charge is -2.12. The van der Waals surface area contributed by atoms with E-state index in [0.29, 0.717) is 11.5 Å². The van der Waals surface area contributed by atoms with Crippen molar-refractivity contribution in [3.8, 4) is 0 Å². The molecule has 0 unspecified atom stereocenters. The minimum atomic E-state index is -0.383. The number of anilines is 2. The first-order valence-electron chi connectivity index (χ1n) is 7.93. The first kappa shape index (κ1) is 16.0. The minimum absolute atomic E-state index is 0.383. The van der Waals surface area contributed by atoms with E-state index in [1.54, 1.807) is 6.20 Å². The Labute approximate surface area is 141 Å². The molecule has 0 radical (unpaired) electrons. The fourth-order valence-corrected chi connectivity index (χ4v) is 2.65. The second kappa shape index (κ2) is 6.71. The summed E-state index contributed by atoms with van der Waals surface area (Å²) in [6.45, 7) is 4.34. The Kier molecular flexibility index (Phi) is 4.47. The van der Waals surface area contributed by atoms with Gasteiger partial charge in [-0.05, 0) is 23.6 Å². The van der Waals surface area contributed by atoms with Crippen LogP contribution in [0, 0.1) is 0 Å². The van der Waals surface area contributed by atoms with Gasteiger partial charge in [0.25, 0.3) is 0 Å². The predicted molar refractivity (Wildman–Crippen MR) is 96.9 cm³/mol. The topological polar surface area (TPSA) is 51.2 Å². The number of methoxy groups -OCH3 is 1.